The molecule has 1 aromatic rings. The van der Waals surface area contributed by atoms with Crippen LogP contribution < -0.4 is 9.64 Å². The zero-order chi connectivity index (χ0) is 11.9. The maximum Gasteiger partial charge on any atom is 0.143 e. The molecule has 0 bridgehead atoms. The number of fused-ring (bicyclic) bond motifs is 1. The highest BCUT2D eigenvalue weighted by atomic mass is 16.5. The van der Waals surface area contributed by atoms with Gasteiger partial charge in [0.1, 0.15) is 11.4 Å². The van der Waals surface area contributed by atoms with Gasteiger partial charge in [-0.1, -0.05) is 6.07 Å². The van der Waals surface area contributed by atoms with Gasteiger partial charge in [0.15, 0.2) is 0 Å². The molecule has 0 saturated carbocycles. The number of nitrogens with zero attached hydrogens (tertiary/aromatic N) is 1. The first-order valence-corrected chi connectivity index (χ1v) is 5.61. The van der Waals surface area contributed by atoms with Crippen LogP contribution >= 0.6 is 0 Å². The molecule has 0 saturated heterocycles. The summed E-state index contributed by atoms with van der Waals surface area (Å²) in [6.07, 6.45) is -0.436. The summed E-state index contributed by atoms with van der Waals surface area (Å²) in [5.41, 5.74) is 1.82. The van der Waals surface area contributed by atoms with Crippen molar-refractivity contribution >= 4 is 5.69 Å². The molecule has 0 aromatic heterocycles. The number of anilines is 1. The summed E-state index contributed by atoms with van der Waals surface area (Å²) in [6.45, 7) is 6.78. The standard InChI is InChI=1S/C13H19NO2/c1-9(15)10-5-6-12-11(7-10)14(4)8-13(2,3)16-12/h5-7,9,15H,8H2,1-4H3. The first-order valence-electron chi connectivity index (χ1n) is 5.61. The van der Waals surface area contributed by atoms with E-state index in [-0.39, 0.29) is 5.60 Å². The molecule has 1 aromatic carbocycles. The normalized spacial score (nSPS) is 19.9. The molecule has 0 radical (unpaired) electrons. The summed E-state index contributed by atoms with van der Waals surface area (Å²) in [4.78, 5) is 2.17. The fourth-order valence-corrected chi connectivity index (χ4v) is 2.17. The van der Waals surface area contributed by atoms with Crippen LogP contribution in [0.1, 0.15) is 32.4 Å². The quantitative estimate of drug-likeness (QED) is 0.790. The van der Waals surface area contributed by atoms with Gasteiger partial charge >= 0.3 is 0 Å². The summed E-state index contributed by atoms with van der Waals surface area (Å²) in [5, 5.41) is 9.55. The van der Waals surface area contributed by atoms with E-state index in [0.717, 1.165) is 23.5 Å². The number of aliphatic hydroxyl groups excluding tert-OH is 1. The number of aliphatic hydroxyl groups is 1. The fourth-order valence-electron chi connectivity index (χ4n) is 2.17. The van der Waals surface area contributed by atoms with Crippen molar-refractivity contribution in [2.75, 3.05) is 18.5 Å². The Balaban J connectivity index is 2.41. The van der Waals surface area contributed by atoms with E-state index in [0.29, 0.717) is 0 Å². The van der Waals surface area contributed by atoms with Crippen LogP contribution in [0.15, 0.2) is 18.2 Å². The summed E-state index contributed by atoms with van der Waals surface area (Å²) in [5.74, 6) is 0.892. The summed E-state index contributed by atoms with van der Waals surface area (Å²) >= 11 is 0. The van der Waals surface area contributed by atoms with Gasteiger partial charge in [-0.25, -0.2) is 0 Å². The number of benzene rings is 1. The van der Waals surface area contributed by atoms with Crippen molar-refractivity contribution in [1.29, 1.82) is 0 Å². The molecule has 0 spiro atoms. The molecule has 1 aliphatic rings. The van der Waals surface area contributed by atoms with Crippen LogP contribution in [-0.4, -0.2) is 24.3 Å². The molecule has 2 rings (SSSR count). The Hall–Kier alpha value is -1.22. The van der Waals surface area contributed by atoms with Gasteiger partial charge in [-0.3, -0.25) is 0 Å². The van der Waals surface area contributed by atoms with Crippen molar-refractivity contribution in [3.8, 4) is 5.75 Å². The Morgan fingerprint density at radius 1 is 1.44 bits per heavy atom. The van der Waals surface area contributed by atoms with Crippen LogP contribution in [0.2, 0.25) is 0 Å². The molecule has 3 heteroatoms. The third-order valence-corrected chi connectivity index (χ3v) is 2.88. The minimum absolute atomic E-state index is 0.159. The number of hydrogen-bond acceptors (Lipinski definition) is 3. The molecule has 1 aliphatic heterocycles. The summed E-state index contributed by atoms with van der Waals surface area (Å²) in [6, 6.07) is 5.85. The van der Waals surface area contributed by atoms with E-state index in [2.05, 4.69) is 25.8 Å². The lowest BCUT2D eigenvalue weighted by molar-refractivity contribution is 0.107. The van der Waals surface area contributed by atoms with Gasteiger partial charge < -0.3 is 14.7 Å². The predicted octanol–water partition coefficient (Wildman–Crippen LogP) is 2.35. The second-order valence-electron chi connectivity index (χ2n) is 5.12. The Bertz CT molecular complexity index is 399. The molecule has 0 fully saturated rings. The minimum Gasteiger partial charge on any atom is -0.484 e. The van der Waals surface area contributed by atoms with E-state index in [4.69, 9.17) is 4.74 Å². The lowest BCUT2D eigenvalue weighted by Gasteiger charge is -2.39. The lowest BCUT2D eigenvalue weighted by Crippen LogP contribution is -2.45. The maximum atomic E-state index is 9.55. The molecule has 0 amide bonds. The van der Waals surface area contributed by atoms with Gasteiger partial charge in [0.2, 0.25) is 0 Å². The number of likely N-dealkylation sites (N-methyl/N-ethyl adjacent to an activating group) is 1. The highest BCUT2D eigenvalue weighted by Crippen LogP contribution is 2.37. The van der Waals surface area contributed by atoms with Gasteiger partial charge in [0, 0.05) is 7.05 Å². The Labute approximate surface area is 96.6 Å². The second kappa shape index (κ2) is 3.67. The fraction of sp³-hybridized carbons (Fsp3) is 0.538. The average Bonchev–Trinajstić information content (AvgIpc) is 2.15. The molecule has 1 unspecified atom stereocenters. The molecule has 16 heavy (non-hydrogen) atoms. The molecule has 1 N–H and O–H groups in total. The SMILES string of the molecule is CC(O)c1ccc2c(c1)N(C)CC(C)(C)O2. The average molecular weight is 221 g/mol. The third-order valence-electron chi connectivity index (χ3n) is 2.88. The zero-order valence-electron chi connectivity index (χ0n) is 10.3. The monoisotopic (exact) mass is 221 g/mol. The number of rotatable bonds is 1. The molecule has 88 valence electrons. The summed E-state index contributed by atoms with van der Waals surface area (Å²) < 4.78 is 5.90. The van der Waals surface area contributed by atoms with Gasteiger partial charge in [-0.2, -0.15) is 0 Å². The van der Waals surface area contributed by atoms with Crippen LogP contribution in [0.3, 0.4) is 0 Å². The first kappa shape index (κ1) is 11.3. The summed E-state index contributed by atoms with van der Waals surface area (Å²) in [7, 11) is 2.05. The van der Waals surface area contributed by atoms with Crippen molar-refractivity contribution in [3.63, 3.8) is 0 Å². The molecular formula is C13H19NO2. The topological polar surface area (TPSA) is 32.7 Å². The van der Waals surface area contributed by atoms with Crippen LogP contribution in [0.25, 0.3) is 0 Å². The Morgan fingerprint density at radius 3 is 2.75 bits per heavy atom. The second-order valence-corrected chi connectivity index (χ2v) is 5.12. The van der Waals surface area contributed by atoms with Crippen molar-refractivity contribution in [1.82, 2.24) is 0 Å². The third kappa shape index (κ3) is 2.00. The van der Waals surface area contributed by atoms with Crippen LogP contribution in [-0.2, 0) is 0 Å². The maximum absolute atomic E-state index is 9.55. The molecular weight excluding hydrogens is 202 g/mol. The van der Waals surface area contributed by atoms with E-state index in [1.165, 1.54) is 0 Å². The van der Waals surface area contributed by atoms with Gasteiger partial charge in [-0.05, 0) is 38.5 Å². The molecule has 3 nitrogen and oxygen atoms in total. The van der Waals surface area contributed by atoms with Crippen LogP contribution in [0.4, 0.5) is 5.69 Å². The molecule has 1 atom stereocenters. The minimum atomic E-state index is -0.436. The van der Waals surface area contributed by atoms with Crippen molar-refractivity contribution in [2.45, 2.75) is 32.5 Å². The van der Waals surface area contributed by atoms with Crippen LogP contribution in [0, 0.1) is 0 Å². The smallest absolute Gasteiger partial charge is 0.143 e. The predicted molar refractivity (Wildman–Crippen MR) is 65.1 cm³/mol. The van der Waals surface area contributed by atoms with Gasteiger partial charge in [0.25, 0.3) is 0 Å². The van der Waals surface area contributed by atoms with E-state index in [1.807, 2.05) is 18.2 Å². The molecule has 0 aliphatic carbocycles. The van der Waals surface area contributed by atoms with Crippen molar-refractivity contribution in [2.24, 2.45) is 0 Å². The molecule has 1 heterocycles. The van der Waals surface area contributed by atoms with E-state index < -0.39 is 6.10 Å². The Morgan fingerprint density at radius 2 is 2.12 bits per heavy atom. The van der Waals surface area contributed by atoms with Gasteiger partial charge in [0.05, 0.1) is 18.3 Å². The highest BCUT2D eigenvalue weighted by Gasteiger charge is 2.29. The highest BCUT2D eigenvalue weighted by molar-refractivity contribution is 5.61. The van der Waals surface area contributed by atoms with Gasteiger partial charge in [-0.15, -0.1) is 0 Å². The van der Waals surface area contributed by atoms with Crippen molar-refractivity contribution < 1.29 is 9.84 Å². The van der Waals surface area contributed by atoms with E-state index in [9.17, 15) is 5.11 Å². The number of hydrogen-bond donors (Lipinski definition) is 1. The van der Waals surface area contributed by atoms with Crippen molar-refractivity contribution in [3.05, 3.63) is 23.8 Å². The Kier molecular flexibility index (Phi) is 2.58. The zero-order valence-corrected chi connectivity index (χ0v) is 10.3. The largest absolute Gasteiger partial charge is 0.484 e. The number of ether oxygens (including phenoxy) is 1. The van der Waals surface area contributed by atoms with E-state index >= 15 is 0 Å². The first-order chi connectivity index (χ1) is 7.39. The van der Waals surface area contributed by atoms with Crippen LogP contribution in [0.5, 0.6) is 5.75 Å². The van der Waals surface area contributed by atoms with E-state index in [1.54, 1.807) is 6.92 Å². The lowest BCUT2D eigenvalue weighted by atomic mass is 10.0.